The Kier molecular flexibility index (Phi) is 5.98. The first-order valence-corrected chi connectivity index (χ1v) is 11.3. The van der Waals surface area contributed by atoms with Crippen LogP contribution in [-0.4, -0.2) is 59.9 Å². The number of amides is 2. The molecule has 1 N–H and O–H groups in total. The van der Waals surface area contributed by atoms with Crippen LogP contribution in [0, 0.1) is 5.92 Å². The highest BCUT2D eigenvalue weighted by Gasteiger charge is 2.36. The minimum atomic E-state index is -0.512. The van der Waals surface area contributed by atoms with Crippen molar-refractivity contribution in [3.63, 3.8) is 0 Å². The minimum Gasteiger partial charge on any atom is -0.493 e. The quantitative estimate of drug-likeness (QED) is 0.525. The zero-order chi connectivity index (χ0) is 24.5. The first-order valence-electron chi connectivity index (χ1n) is 11.3. The Labute approximate surface area is 202 Å². The van der Waals surface area contributed by atoms with E-state index in [0.29, 0.717) is 40.5 Å². The molecule has 2 amide bonds. The summed E-state index contributed by atoms with van der Waals surface area (Å²) in [5.74, 6) is 1.09. The highest BCUT2D eigenvalue weighted by molar-refractivity contribution is 6.04. The fourth-order valence-electron chi connectivity index (χ4n) is 4.28. The van der Waals surface area contributed by atoms with Crippen molar-refractivity contribution in [2.24, 2.45) is 5.92 Å². The van der Waals surface area contributed by atoms with E-state index in [2.05, 4.69) is 20.8 Å². The molecule has 0 bridgehead atoms. The van der Waals surface area contributed by atoms with Gasteiger partial charge in [0.05, 0.1) is 39.0 Å². The summed E-state index contributed by atoms with van der Waals surface area (Å²) < 4.78 is 18.0. The number of hydrogen-bond acceptors (Lipinski definition) is 8. The van der Waals surface area contributed by atoms with Gasteiger partial charge in [0.15, 0.2) is 17.3 Å². The molecule has 11 heteroatoms. The summed E-state index contributed by atoms with van der Waals surface area (Å²) in [6, 6.07) is 11.1. The second-order valence-corrected chi connectivity index (χ2v) is 8.54. The van der Waals surface area contributed by atoms with E-state index in [0.717, 1.165) is 18.4 Å². The number of carbonyl (C=O) groups excluding carboxylic acids is 2. The maximum Gasteiger partial charge on any atom is 0.229 e. The Hall–Kier alpha value is -4.15. The molecule has 0 spiro atoms. The molecular weight excluding hydrogens is 452 g/mol. The van der Waals surface area contributed by atoms with Gasteiger partial charge in [0, 0.05) is 36.3 Å². The molecule has 2 fully saturated rings. The number of benzene rings is 2. The van der Waals surface area contributed by atoms with Gasteiger partial charge in [0.25, 0.3) is 0 Å². The summed E-state index contributed by atoms with van der Waals surface area (Å²) in [7, 11) is 4.55. The van der Waals surface area contributed by atoms with Gasteiger partial charge in [-0.2, -0.15) is 0 Å². The molecule has 3 aromatic rings. The van der Waals surface area contributed by atoms with Gasteiger partial charge in [-0.3, -0.25) is 9.59 Å². The lowest BCUT2D eigenvalue weighted by Gasteiger charge is -2.20. The first kappa shape index (κ1) is 22.6. The van der Waals surface area contributed by atoms with Gasteiger partial charge in [-0.05, 0) is 35.4 Å². The van der Waals surface area contributed by atoms with Crippen LogP contribution in [0.3, 0.4) is 0 Å². The number of carbonyl (C=O) groups is 2. The van der Waals surface area contributed by atoms with Gasteiger partial charge in [-0.15, -0.1) is 5.10 Å². The molecule has 5 rings (SSSR count). The van der Waals surface area contributed by atoms with Crippen molar-refractivity contribution in [1.82, 2.24) is 20.2 Å². The lowest BCUT2D eigenvalue weighted by atomic mass is 10.1. The molecule has 1 atom stereocenters. The number of nitrogens with one attached hydrogen (secondary N) is 1. The smallest absolute Gasteiger partial charge is 0.229 e. The Morgan fingerprint density at radius 1 is 1.06 bits per heavy atom. The summed E-state index contributed by atoms with van der Waals surface area (Å²) in [5.41, 5.74) is 2.02. The number of rotatable bonds is 8. The summed E-state index contributed by atoms with van der Waals surface area (Å²) in [6.07, 6.45) is 2.22. The van der Waals surface area contributed by atoms with E-state index >= 15 is 0 Å². The summed E-state index contributed by atoms with van der Waals surface area (Å²) in [4.78, 5) is 27.4. The van der Waals surface area contributed by atoms with E-state index in [1.807, 2.05) is 22.9 Å². The van der Waals surface area contributed by atoms with Gasteiger partial charge >= 0.3 is 0 Å². The number of nitrogens with zero attached hydrogens (tertiary/aromatic N) is 5. The van der Waals surface area contributed by atoms with Crippen LogP contribution in [0.5, 0.6) is 17.2 Å². The number of methoxy groups -OCH3 is 3. The third-order valence-electron chi connectivity index (χ3n) is 6.23. The van der Waals surface area contributed by atoms with Crippen molar-refractivity contribution in [2.45, 2.75) is 25.3 Å². The molecule has 2 aromatic carbocycles. The van der Waals surface area contributed by atoms with Crippen LogP contribution < -0.4 is 24.4 Å². The zero-order valence-corrected chi connectivity index (χ0v) is 19.7. The molecular formula is C24H26N6O5. The monoisotopic (exact) mass is 478 g/mol. The molecule has 1 saturated heterocycles. The van der Waals surface area contributed by atoms with E-state index in [1.165, 1.54) is 21.3 Å². The fourth-order valence-corrected chi connectivity index (χ4v) is 4.28. The zero-order valence-electron chi connectivity index (χ0n) is 19.7. The van der Waals surface area contributed by atoms with E-state index in [4.69, 9.17) is 14.2 Å². The Morgan fingerprint density at radius 3 is 2.46 bits per heavy atom. The molecule has 182 valence electrons. The van der Waals surface area contributed by atoms with Crippen molar-refractivity contribution in [3.05, 3.63) is 36.4 Å². The molecule has 1 aliphatic carbocycles. The van der Waals surface area contributed by atoms with Crippen molar-refractivity contribution in [1.29, 1.82) is 0 Å². The maximum absolute atomic E-state index is 13.1. The summed E-state index contributed by atoms with van der Waals surface area (Å²) >= 11 is 0. The molecule has 1 aliphatic heterocycles. The van der Waals surface area contributed by atoms with E-state index in [9.17, 15) is 9.59 Å². The predicted octanol–water partition coefficient (Wildman–Crippen LogP) is 2.69. The first-order chi connectivity index (χ1) is 17.0. The van der Waals surface area contributed by atoms with E-state index in [-0.39, 0.29) is 24.8 Å². The highest BCUT2D eigenvalue weighted by atomic mass is 16.5. The SMILES string of the molecule is COc1cc(N2CC(C(=O)Nc3cccc(-c4nnnn4C4CC4)c3)CC2=O)cc(OC)c1OC. The molecule has 1 saturated carbocycles. The van der Waals surface area contributed by atoms with Gasteiger partial charge < -0.3 is 24.4 Å². The van der Waals surface area contributed by atoms with Crippen LogP contribution >= 0.6 is 0 Å². The van der Waals surface area contributed by atoms with Crippen LogP contribution in [0.15, 0.2) is 36.4 Å². The number of aromatic nitrogens is 4. The average molecular weight is 479 g/mol. The summed E-state index contributed by atoms with van der Waals surface area (Å²) in [6.45, 7) is 0.239. The number of ether oxygens (including phenoxy) is 3. The Morgan fingerprint density at radius 2 is 1.80 bits per heavy atom. The van der Waals surface area contributed by atoms with Gasteiger partial charge in [-0.25, -0.2) is 4.68 Å². The van der Waals surface area contributed by atoms with Crippen LogP contribution in [0.4, 0.5) is 11.4 Å². The molecule has 1 aromatic heterocycles. The van der Waals surface area contributed by atoms with Crippen LogP contribution in [0.2, 0.25) is 0 Å². The number of anilines is 2. The second kappa shape index (κ2) is 9.24. The summed E-state index contributed by atoms with van der Waals surface area (Å²) in [5, 5.41) is 15.0. The lowest BCUT2D eigenvalue weighted by Crippen LogP contribution is -2.28. The Balaban J connectivity index is 1.32. The minimum absolute atomic E-state index is 0.0993. The van der Waals surface area contributed by atoms with Crippen molar-refractivity contribution >= 4 is 23.2 Å². The van der Waals surface area contributed by atoms with E-state index in [1.54, 1.807) is 23.1 Å². The predicted molar refractivity (Wildman–Crippen MR) is 127 cm³/mol. The highest BCUT2D eigenvalue weighted by Crippen LogP contribution is 2.42. The Bertz CT molecular complexity index is 1250. The fraction of sp³-hybridized carbons (Fsp3) is 0.375. The number of hydrogen-bond donors (Lipinski definition) is 1. The number of tetrazole rings is 1. The molecule has 11 nitrogen and oxygen atoms in total. The standard InChI is InChI=1S/C24H26N6O5/c1-33-19-11-18(12-20(34-2)22(19)35-3)29-13-15(10-21(29)31)24(32)25-16-6-4-5-14(9-16)23-26-27-28-30(23)17-7-8-17/h4-6,9,11-12,15,17H,7-8,10,13H2,1-3H3,(H,25,32). The molecule has 0 radical (unpaired) electrons. The maximum atomic E-state index is 13.1. The second-order valence-electron chi connectivity index (χ2n) is 8.54. The van der Waals surface area contributed by atoms with Crippen molar-refractivity contribution in [3.8, 4) is 28.6 Å². The van der Waals surface area contributed by atoms with Crippen LogP contribution in [0.25, 0.3) is 11.4 Å². The van der Waals surface area contributed by atoms with Crippen molar-refractivity contribution < 1.29 is 23.8 Å². The van der Waals surface area contributed by atoms with Crippen LogP contribution in [-0.2, 0) is 9.59 Å². The molecule has 2 heterocycles. The molecule has 35 heavy (non-hydrogen) atoms. The van der Waals surface area contributed by atoms with Gasteiger partial charge in [-0.1, -0.05) is 12.1 Å². The van der Waals surface area contributed by atoms with E-state index < -0.39 is 5.92 Å². The molecule has 2 aliphatic rings. The van der Waals surface area contributed by atoms with Crippen LogP contribution in [0.1, 0.15) is 25.3 Å². The van der Waals surface area contributed by atoms with Gasteiger partial charge in [0.2, 0.25) is 17.6 Å². The third-order valence-corrected chi connectivity index (χ3v) is 6.23. The average Bonchev–Trinajstić information content (AvgIpc) is 3.46. The normalized spacial score (nSPS) is 17.4. The molecule has 1 unspecified atom stereocenters. The lowest BCUT2D eigenvalue weighted by molar-refractivity contribution is -0.122. The van der Waals surface area contributed by atoms with Crippen molar-refractivity contribution in [2.75, 3.05) is 38.1 Å². The third kappa shape index (κ3) is 4.36. The topological polar surface area (TPSA) is 121 Å². The van der Waals surface area contributed by atoms with Gasteiger partial charge in [0.1, 0.15) is 0 Å². The largest absolute Gasteiger partial charge is 0.493 e.